The van der Waals surface area contributed by atoms with Crippen molar-refractivity contribution in [1.29, 1.82) is 0 Å². The van der Waals surface area contributed by atoms with Gasteiger partial charge in [0.1, 0.15) is 5.75 Å². The number of rotatable bonds is 8. The molecule has 1 amide bonds. The monoisotopic (exact) mass is 351 g/mol. The zero-order valence-electron chi connectivity index (χ0n) is 13.3. The number of hydrogen-bond acceptors (Lipinski definition) is 3. The van der Waals surface area contributed by atoms with E-state index in [0.717, 1.165) is 11.5 Å². The molecule has 0 bridgehead atoms. The summed E-state index contributed by atoms with van der Waals surface area (Å²) in [5.74, 6) is 1.33. The number of aryl methyl sites for hydroxylation is 1. The van der Waals surface area contributed by atoms with E-state index in [2.05, 4.69) is 34.3 Å². The van der Waals surface area contributed by atoms with Crippen LogP contribution < -0.4 is 10.1 Å². The van der Waals surface area contributed by atoms with Crippen LogP contribution in [-0.2, 0) is 5.75 Å². The number of carbonyl (C=O) groups excluding carboxylic acids is 1. The summed E-state index contributed by atoms with van der Waals surface area (Å²) < 4.78 is 28.6. The smallest absolute Gasteiger partial charge is 0.387 e. The van der Waals surface area contributed by atoms with Crippen LogP contribution in [0.1, 0.15) is 21.5 Å². The van der Waals surface area contributed by atoms with E-state index in [4.69, 9.17) is 0 Å². The lowest BCUT2D eigenvalue weighted by Crippen LogP contribution is -2.25. The van der Waals surface area contributed by atoms with Gasteiger partial charge >= 0.3 is 6.61 Å². The number of carbonyl (C=O) groups is 1. The second-order valence-corrected chi connectivity index (χ2v) is 6.31. The molecule has 1 N–H and O–H groups in total. The summed E-state index contributed by atoms with van der Waals surface area (Å²) in [5.41, 5.74) is 2.78. The number of nitrogens with one attached hydrogen (secondary N) is 1. The molecule has 24 heavy (non-hydrogen) atoms. The van der Waals surface area contributed by atoms with E-state index in [9.17, 15) is 13.6 Å². The van der Waals surface area contributed by atoms with Crippen molar-refractivity contribution in [3.05, 3.63) is 65.2 Å². The molecule has 0 saturated carbocycles. The lowest BCUT2D eigenvalue weighted by molar-refractivity contribution is -0.0498. The lowest BCUT2D eigenvalue weighted by Gasteiger charge is -2.08. The summed E-state index contributed by atoms with van der Waals surface area (Å²) in [4.78, 5) is 12.0. The second-order valence-electron chi connectivity index (χ2n) is 5.20. The van der Waals surface area contributed by atoms with Crippen LogP contribution in [-0.4, -0.2) is 24.8 Å². The van der Waals surface area contributed by atoms with E-state index in [0.29, 0.717) is 12.1 Å². The fourth-order valence-electron chi connectivity index (χ4n) is 2.03. The summed E-state index contributed by atoms with van der Waals surface area (Å²) in [6.45, 7) is -0.343. The van der Waals surface area contributed by atoms with E-state index in [1.54, 1.807) is 17.8 Å². The Kier molecular flexibility index (Phi) is 7.06. The Morgan fingerprint density at radius 3 is 2.67 bits per heavy atom. The van der Waals surface area contributed by atoms with E-state index in [1.165, 1.54) is 29.3 Å². The van der Waals surface area contributed by atoms with Gasteiger partial charge in [-0.05, 0) is 30.7 Å². The second kappa shape index (κ2) is 9.27. The molecule has 0 heterocycles. The van der Waals surface area contributed by atoms with Crippen molar-refractivity contribution in [1.82, 2.24) is 5.32 Å². The van der Waals surface area contributed by atoms with Crippen LogP contribution in [0, 0.1) is 6.92 Å². The van der Waals surface area contributed by atoms with Crippen molar-refractivity contribution in [2.75, 3.05) is 12.3 Å². The molecule has 2 rings (SSSR count). The van der Waals surface area contributed by atoms with Crippen LogP contribution in [0.25, 0.3) is 0 Å². The summed E-state index contributed by atoms with van der Waals surface area (Å²) in [5, 5.41) is 2.77. The summed E-state index contributed by atoms with van der Waals surface area (Å²) in [7, 11) is 0. The minimum atomic E-state index is -2.90. The van der Waals surface area contributed by atoms with Crippen LogP contribution in [0.2, 0.25) is 0 Å². The van der Waals surface area contributed by atoms with Crippen molar-refractivity contribution in [2.24, 2.45) is 0 Å². The molecule has 0 aliphatic carbocycles. The highest BCUT2D eigenvalue weighted by Crippen LogP contribution is 2.16. The molecule has 2 aromatic carbocycles. The zero-order valence-corrected chi connectivity index (χ0v) is 14.1. The topological polar surface area (TPSA) is 38.3 Å². The first-order valence-corrected chi connectivity index (χ1v) is 8.66. The van der Waals surface area contributed by atoms with Crippen molar-refractivity contribution < 1.29 is 18.3 Å². The first-order valence-electron chi connectivity index (χ1n) is 7.51. The number of alkyl halides is 2. The van der Waals surface area contributed by atoms with Crippen LogP contribution in [0.3, 0.4) is 0 Å². The minimum absolute atomic E-state index is 0.0219. The third-order valence-electron chi connectivity index (χ3n) is 3.24. The number of amides is 1. The number of ether oxygens (including phenoxy) is 1. The Labute approximate surface area is 144 Å². The molecule has 128 valence electrons. The molecule has 0 aliphatic rings. The molecule has 0 atom stereocenters. The Morgan fingerprint density at radius 1 is 1.21 bits per heavy atom. The molecule has 3 nitrogen and oxygen atoms in total. The largest absolute Gasteiger partial charge is 0.435 e. The van der Waals surface area contributed by atoms with Crippen LogP contribution >= 0.6 is 11.8 Å². The summed E-state index contributed by atoms with van der Waals surface area (Å²) in [6, 6.07) is 14.1. The molecule has 0 radical (unpaired) electrons. The SMILES string of the molecule is Cc1ccc(CSCCNC(=O)c2cccc(OC(F)F)c2)cc1. The minimum Gasteiger partial charge on any atom is -0.435 e. The maximum absolute atomic E-state index is 12.2. The van der Waals surface area contributed by atoms with E-state index in [-0.39, 0.29) is 11.7 Å². The molecule has 2 aromatic rings. The van der Waals surface area contributed by atoms with Gasteiger partial charge in [-0.25, -0.2) is 0 Å². The van der Waals surface area contributed by atoms with Crippen LogP contribution in [0.4, 0.5) is 8.78 Å². The van der Waals surface area contributed by atoms with Gasteiger partial charge in [-0.15, -0.1) is 0 Å². The standard InChI is InChI=1S/C18H19F2NO2S/c1-13-5-7-14(8-6-13)12-24-10-9-21-17(22)15-3-2-4-16(11-15)23-18(19)20/h2-8,11,18H,9-10,12H2,1H3,(H,21,22). The average Bonchev–Trinajstić information content (AvgIpc) is 2.55. The van der Waals surface area contributed by atoms with Crippen molar-refractivity contribution in [3.63, 3.8) is 0 Å². The predicted octanol–water partition coefficient (Wildman–Crippen LogP) is 4.26. The highest BCUT2D eigenvalue weighted by Gasteiger charge is 2.09. The first-order chi connectivity index (χ1) is 11.5. The number of halogens is 2. The molecule has 0 unspecified atom stereocenters. The molecular formula is C18H19F2NO2S. The fourth-order valence-corrected chi connectivity index (χ4v) is 2.85. The van der Waals surface area contributed by atoms with Gasteiger partial charge in [-0.2, -0.15) is 20.5 Å². The van der Waals surface area contributed by atoms with Gasteiger partial charge in [0.15, 0.2) is 0 Å². The Hall–Kier alpha value is -2.08. The lowest BCUT2D eigenvalue weighted by atomic mass is 10.2. The van der Waals surface area contributed by atoms with Crippen molar-refractivity contribution in [2.45, 2.75) is 19.3 Å². The van der Waals surface area contributed by atoms with E-state index < -0.39 is 6.61 Å². The fraction of sp³-hybridized carbons (Fsp3) is 0.278. The number of benzene rings is 2. The Balaban J connectivity index is 1.72. The highest BCUT2D eigenvalue weighted by atomic mass is 32.2. The van der Waals surface area contributed by atoms with Gasteiger partial charge in [0, 0.05) is 23.6 Å². The van der Waals surface area contributed by atoms with E-state index >= 15 is 0 Å². The highest BCUT2D eigenvalue weighted by molar-refractivity contribution is 7.98. The third kappa shape index (κ3) is 6.20. The Morgan fingerprint density at radius 2 is 1.96 bits per heavy atom. The van der Waals surface area contributed by atoms with Gasteiger partial charge in [0.25, 0.3) is 5.91 Å². The van der Waals surface area contributed by atoms with E-state index in [1.807, 2.05) is 6.92 Å². The quantitative estimate of drug-likeness (QED) is 0.722. The number of thioether (sulfide) groups is 1. The van der Waals surface area contributed by atoms with Gasteiger partial charge in [-0.3, -0.25) is 4.79 Å². The molecule has 0 fully saturated rings. The average molecular weight is 351 g/mol. The van der Waals surface area contributed by atoms with Gasteiger partial charge in [0.2, 0.25) is 0 Å². The first kappa shape index (κ1) is 18.3. The van der Waals surface area contributed by atoms with Gasteiger partial charge < -0.3 is 10.1 Å². The van der Waals surface area contributed by atoms with Crippen molar-refractivity contribution >= 4 is 17.7 Å². The predicted molar refractivity (Wildman–Crippen MR) is 92.7 cm³/mol. The van der Waals surface area contributed by atoms with Crippen molar-refractivity contribution in [3.8, 4) is 5.75 Å². The molecule has 0 aromatic heterocycles. The summed E-state index contributed by atoms with van der Waals surface area (Å²) >= 11 is 1.72. The molecule has 0 spiro atoms. The Bertz CT molecular complexity index is 662. The maximum atomic E-state index is 12.2. The number of hydrogen-bond donors (Lipinski definition) is 1. The zero-order chi connectivity index (χ0) is 17.4. The third-order valence-corrected chi connectivity index (χ3v) is 4.27. The molecule has 0 saturated heterocycles. The van der Waals surface area contributed by atoms with Gasteiger partial charge in [0.05, 0.1) is 0 Å². The van der Waals surface area contributed by atoms with Crippen LogP contribution in [0.15, 0.2) is 48.5 Å². The molecular weight excluding hydrogens is 332 g/mol. The van der Waals surface area contributed by atoms with Gasteiger partial charge in [-0.1, -0.05) is 35.9 Å². The summed E-state index contributed by atoms with van der Waals surface area (Å²) in [6.07, 6.45) is 0. The molecule has 0 aliphatic heterocycles. The normalized spacial score (nSPS) is 10.7. The molecule has 6 heteroatoms. The van der Waals surface area contributed by atoms with Crippen LogP contribution in [0.5, 0.6) is 5.75 Å². The maximum Gasteiger partial charge on any atom is 0.387 e.